The van der Waals surface area contributed by atoms with Gasteiger partial charge in [-0.15, -0.1) is 0 Å². The number of benzene rings is 2. The number of carbonyl (C=O) groups is 1. The van der Waals surface area contributed by atoms with Crippen LogP contribution in [-0.2, 0) is 26.1 Å². The molecule has 3 aromatic rings. The van der Waals surface area contributed by atoms with Crippen molar-refractivity contribution in [1.82, 2.24) is 9.78 Å². The average Bonchev–Trinajstić information content (AvgIpc) is 3.15. The van der Waals surface area contributed by atoms with E-state index in [0.717, 1.165) is 22.6 Å². The fourth-order valence-electron chi connectivity index (χ4n) is 3.79. The first-order valence-corrected chi connectivity index (χ1v) is 12.1. The van der Waals surface area contributed by atoms with Crippen LogP contribution in [0.15, 0.2) is 53.4 Å². The number of rotatable bonds is 6. The highest BCUT2D eigenvalue weighted by Gasteiger charge is 2.22. The molecule has 33 heavy (non-hydrogen) atoms. The number of nitrogens with two attached hydrogens (primary N) is 1. The second kappa shape index (κ2) is 9.34. The predicted molar refractivity (Wildman–Crippen MR) is 123 cm³/mol. The molecule has 0 amide bonds. The second-order valence-electron chi connectivity index (χ2n) is 7.90. The van der Waals surface area contributed by atoms with E-state index < -0.39 is 16.0 Å². The van der Waals surface area contributed by atoms with E-state index >= 15 is 0 Å². The lowest BCUT2D eigenvalue weighted by Gasteiger charge is -2.30. The van der Waals surface area contributed by atoms with Crippen LogP contribution in [0.4, 0.5) is 5.69 Å². The number of primary sulfonamides is 1. The van der Waals surface area contributed by atoms with Crippen LogP contribution in [0.3, 0.4) is 0 Å². The number of carbonyl (C=O) groups excluding carboxylic acids is 1. The van der Waals surface area contributed by atoms with Gasteiger partial charge in [0.1, 0.15) is 6.61 Å². The van der Waals surface area contributed by atoms with Gasteiger partial charge >= 0.3 is 5.97 Å². The van der Waals surface area contributed by atoms with Crippen LogP contribution < -0.4 is 10.0 Å². The van der Waals surface area contributed by atoms with Crippen molar-refractivity contribution in [3.05, 3.63) is 71.0 Å². The molecule has 4 rings (SSSR count). The Morgan fingerprint density at radius 2 is 1.79 bits per heavy atom. The first-order chi connectivity index (χ1) is 15.7. The van der Waals surface area contributed by atoms with E-state index in [1.807, 2.05) is 53.8 Å². The van der Waals surface area contributed by atoms with Crippen molar-refractivity contribution in [1.29, 1.82) is 0 Å². The quantitative estimate of drug-likeness (QED) is 0.550. The van der Waals surface area contributed by atoms with Gasteiger partial charge in [0.25, 0.3) is 0 Å². The molecule has 1 aromatic heterocycles. The van der Waals surface area contributed by atoms with Gasteiger partial charge in [0.15, 0.2) is 0 Å². The summed E-state index contributed by atoms with van der Waals surface area (Å²) in [7, 11) is -3.97. The van der Waals surface area contributed by atoms with Gasteiger partial charge in [-0.3, -0.25) is 0 Å². The van der Waals surface area contributed by atoms with Crippen LogP contribution in [-0.4, -0.2) is 50.5 Å². The fraction of sp³-hybridized carbons (Fsp3) is 0.304. The average molecular weight is 471 g/mol. The molecule has 10 heteroatoms. The maximum atomic E-state index is 13.0. The zero-order chi connectivity index (χ0) is 23.6. The number of sulfonamides is 1. The molecule has 2 aromatic carbocycles. The van der Waals surface area contributed by atoms with Crippen molar-refractivity contribution in [2.75, 3.05) is 31.2 Å². The third kappa shape index (κ3) is 5.24. The van der Waals surface area contributed by atoms with Gasteiger partial charge < -0.3 is 14.4 Å². The van der Waals surface area contributed by atoms with Crippen molar-refractivity contribution in [3.63, 3.8) is 0 Å². The molecule has 1 fully saturated rings. The number of esters is 1. The Balaban J connectivity index is 1.53. The molecular weight excluding hydrogens is 444 g/mol. The zero-order valence-electron chi connectivity index (χ0n) is 18.5. The molecule has 1 aliphatic rings. The Hall–Kier alpha value is -3.21. The summed E-state index contributed by atoms with van der Waals surface area (Å²) >= 11 is 0. The van der Waals surface area contributed by atoms with Gasteiger partial charge in [-0.2, -0.15) is 5.10 Å². The first-order valence-electron chi connectivity index (χ1n) is 10.5. The Morgan fingerprint density at radius 1 is 1.09 bits per heavy atom. The second-order valence-corrected chi connectivity index (χ2v) is 9.47. The number of anilines is 1. The first kappa shape index (κ1) is 23.0. The molecule has 1 aliphatic heterocycles. The van der Waals surface area contributed by atoms with Crippen LogP contribution in [0.5, 0.6) is 0 Å². The van der Waals surface area contributed by atoms with Crippen molar-refractivity contribution in [2.24, 2.45) is 5.14 Å². The fourth-order valence-corrected chi connectivity index (χ4v) is 4.33. The Bertz CT molecular complexity index is 1260. The third-order valence-corrected chi connectivity index (χ3v) is 6.34. The smallest absolute Gasteiger partial charge is 0.340 e. The van der Waals surface area contributed by atoms with Gasteiger partial charge in [0.05, 0.1) is 40.7 Å². The highest BCUT2D eigenvalue weighted by Crippen LogP contribution is 2.26. The van der Waals surface area contributed by atoms with Crippen LogP contribution in [0, 0.1) is 13.8 Å². The molecule has 9 nitrogen and oxygen atoms in total. The molecule has 0 radical (unpaired) electrons. The minimum absolute atomic E-state index is 0.0401. The molecule has 174 valence electrons. The highest BCUT2D eigenvalue weighted by molar-refractivity contribution is 7.89. The Kier molecular flexibility index (Phi) is 6.50. The monoisotopic (exact) mass is 470 g/mol. The summed E-state index contributed by atoms with van der Waals surface area (Å²) in [6.45, 7) is 6.18. The minimum atomic E-state index is -3.97. The van der Waals surface area contributed by atoms with Gasteiger partial charge in [0, 0.05) is 18.8 Å². The summed E-state index contributed by atoms with van der Waals surface area (Å²) in [6.07, 6.45) is 0. The summed E-state index contributed by atoms with van der Waals surface area (Å²) in [5, 5.41) is 9.74. The molecule has 0 atom stereocenters. The van der Waals surface area contributed by atoms with Gasteiger partial charge in [-0.25, -0.2) is 23.0 Å². The number of hydrogen-bond acceptors (Lipinski definition) is 7. The summed E-state index contributed by atoms with van der Waals surface area (Å²) in [5.41, 5.74) is 4.41. The third-order valence-electron chi connectivity index (χ3n) is 5.43. The number of nitrogens with zero attached hydrogens (tertiary/aromatic N) is 3. The lowest BCUT2D eigenvalue weighted by atomic mass is 10.1. The zero-order valence-corrected chi connectivity index (χ0v) is 19.3. The molecule has 2 N–H and O–H groups in total. The maximum Gasteiger partial charge on any atom is 0.340 e. The van der Waals surface area contributed by atoms with Crippen molar-refractivity contribution in [3.8, 4) is 5.69 Å². The Morgan fingerprint density at radius 3 is 2.39 bits per heavy atom. The molecule has 0 unspecified atom stereocenters. The number of ether oxygens (including phenoxy) is 2. The van der Waals surface area contributed by atoms with Crippen LogP contribution in [0.25, 0.3) is 5.69 Å². The molecule has 0 bridgehead atoms. The van der Waals surface area contributed by atoms with Crippen molar-refractivity contribution < 1.29 is 22.7 Å². The normalized spacial score (nSPS) is 14.3. The molecule has 1 saturated heterocycles. The SMILES string of the molecule is Cc1cc(C)n(-c2ccc(COC(=O)c3cc(S(N)(=O)=O)ccc3N3CCOCC3)cc2)n1. The molecule has 0 saturated carbocycles. The molecular formula is C23H26N4O5S. The number of morpholine rings is 1. The number of hydrogen-bond donors (Lipinski definition) is 1. The van der Waals surface area contributed by atoms with Gasteiger partial charge in [-0.1, -0.05) is 12.1 Å². The standard InChI is InChI=1S/C23H26N4O5S/c1-16-13-17(2)27(25-16)19-5-3-18(4-6-19)15-32-23(28)21-14-20(33(24,29)30)7-8-22(21)26-9-11-31-12-10-26/h3-8,13-14H,9-12,15H2,1-2H3,(H2,24,29,30). The summed E-state index contributed by atoms with van der Waals surface area (Å²) < 4.78 is 36.4. The lowest BCUT2D eigenvalue weighted by molar-refractivity contribution is 0.0472. The van der Waals surface area contributed by atoms with E-state index in [1.165, 1.54) is 12.1 Å². The van der Waals surface area contributed by atoms with E-state index in [-0.39, 0.29) is 17.1 Å². The predicted octanol–water partition coefficient (Wildman–Crippen LogP) is 2.33. The van der Waals surface area contributed by atoms with Crippen LogP contribution in [0.1, 0.15) is 27.3 Å². The van der Waals surface area contributed by atoms with Crippen LogP contribution in [0.2, 0.25) is 0 Å². The number of aromatic nitrogens is 2. The Labute approximate surface area is 192 Å². The van der Waals surface area contributed by atoms with E-state index in [9.17, 15) is 13.2 Å². The van der Waals surface area contributed by atoms with Gasteiger partial charge in [0.2, 0.25) is 10.0 Å². The maximum absolute atomic E-state index is 13.0. The largest absolute Gasteiger partial charge is 0.457 e. The molecule has 0 spiro atoms. The lowest BCUT2D eigenvalue weighted by Crippen LogP contribution is -2.37. The topological polar surface area (TPSA) is 117 Å². The minimum Gasteiger partial charge on any atom is -0.457 e. The van der Waals surface area contributed by atoms with Crippen LogP contribution >= 0.6 is 0 Å². The highest BCUT2D eigenvalue weighted by atomic mass is 32.2. The van der Waals surface area contributed by atoms with E-state index in [1.54, 1.807) is 6.07 Å². The molecule has 0 aliphatic carbocycles. The van der Waals surface area contributed by atoms with E-state index in [2.05, 4.69) is 5.10 Å². The summed E-state index contributed by atoms with van der Waals surface area (Å²) in [5.74, 6) is -0.621. The molecule has 2 heterocycles. The summed E-state index contributed by atoms with van der Waals surface area (Å²) in [4.78, 5) is 14.8. The van der Waals surface area contributed by atoms with E-state index in [4.69, 9.17) is 14.6 Å². The summed E-state index contributed by atoms with van der Waals surface area (Å²) in [6, 6.07) is 13.8. The van der Waals surface area contributed by atoms with E-state index in [0.29, 0.717) is 32.0 Å². The number of aryl methyl sites for hydroxylation is 2. The van der Waals surface area contributed by atoms with Gasteiger partial charge in [-0.05, 0) is 55.8 Å². The van der Waals surface area contributed by atoms with Crippen molar-refractivity contribution in [2.45, 2.75) is 25.3 Å². The van der Waals surface area contributed by atoms with Crippen molar-refractivity contribution >= 4 is 21.7 Å².